The minimum absolute atomic E-state index is 0.0846. The minimum atomic E-state index is -3.32. The molecule has 34 heavy (non-hydrogen) atoms. The normalized spacial score (nSPS) is 11.6. The summed E-state index contributed by atoms with van der Waals surface area (Å²) in [5.41, 5.74) is 0. The monoisotopic (exact) mass is 485 g/mol. The lowest BCUT2D eigenvalue weighted by Gasteiger charge is -2.08. The molecule has 0 aliphatic rings. The van der Waals surface area contributed by atoms with Crippen LogP contribution in [0.1, 0.15) is 128 Å². The maximum absolute atomic E-state index is 10.9. The largest absolute Gasteiger partial charge is 0.699 e. The number of unbranched alkanes of at least 4 members (excludes halogenated alkanes) is 17. The average Bonchev–Trinajstić information content (AvgIpc) is 2.79. The zero-order valence-electron chi connectivity index (χ0n) is 20.6. The van der Waals surface area contributed by atoms with Gasteiger partial charge in [-0.25, -0.2) is 0 Å². The van der Waals surface area contributed by atoms with Gasteiger partial charge in [-0.3, -0.25) is 30.3 Å². The Balaban J connectivity index is 3.51. The number of hydrogen-bond donors (Lipinski definition) is 0. The SMILES string of the molecule is O=CCCCCCCCCCCCCC/C=C\CCCCCCCC([N+](=O)[O-])([N+](=O)[O-])[N+](=O)[O-]. The Morgan fingerprint density at radius 3 is 1.09 bits per heavy atom. The molecule has 0 aliphatic carbocycles. The summed E-state index contributed by atoms with van der Waals surface area (Å²) in [6, 6.07) is 0. The zero-order valence-corrected chi connectivity index (χ0v) is 20.6. The molecule has 0 atom stereocenters. The Kier molecular flexibility index (Phi) is 19.7. The molecule has 0 aromatic carbocycles. The molecule has 10 nitrogen and oxygen atoms in total. The maximum atomic E-state index is 10.9. The predicted molar refractivity (Wildman–Crippen MR) is 131 cm³/mol. The highest BCUT2D eigenvalue weighted by Crippen LogP contribution is 2.21. The molecule has 0 aliphatic heterocycles. The van der Waals surface area contributed by atoms with Crippen LogP contribution in [-0.4, -0.2) is 26.8 Å². The lowest BCUT2D eigenvalue weighted by molar-refractivity contribution is -0.970. The smallest absolute Gasteiger partial charge is 0.303 e. The van der Waals surface area contributed by atoms with Crippen molar-refractivity contribution < 1.29 is 19.6 Å². The van der Waals surface area contributed by atoms with E-state index < -0.39 is 27.0 Å². The van der Waals surface area contributed by atoms with Crippen LogP contribution in [0, 0.1) is 30.3 Å². The fraction of sp³-hybridized carbons (Fsp3) is 0.875. The Labute approximate surface area is 203 Å². The van der Waals surface area contributed by atoms with Gasteiger partial charge in [-0.1, -0.05) is 89.2 Å². The molecule has 0 N–H and O–H groups in total. The van der Waals surface area contributed by atoms with E-state index in [9.17, 15) is 35.1 Å². The predicted octanol–water partition coefficient (Wildman–Crippen LogP) is 7.03. The Hall–Kier alpha value is -2.39. The van der Waals surface area contributed by atoms with Gasteiger partial charge in [0.2, 0.25) is 0 Å². The van der Waals surface area contributed by atoms with E-state index in [1.54, 1.807) is 0 Å². The molecule has 0 bridgehead atoms. The van der Waals surface area contributed by atoms with Gasteiger partial charge in [0.05, 0.1) is 0 Å². The van der Waals surface area contributed by atoms with Gasteiger partial charge in [0, 0.05) is 6.42 Å². The Morgan fingerprint density at radius 1 is 0.471 bits per heavy atom. The van der Waals surface area contributed by atoms with Gasteiger partial charge in [0.15, 0.2) is 21.2 Å². The Morgan fingerprint density at radius 2 is 0.765 bits per heavy atom. The summed E-state index contributed by atoms with van der Waals surface area (Å²) in [6.45, 7) is 0. The van der Waals surface area contributed by atoms with Crippen LogP contribution in [0.25, 0.3) is 0 Å². The zero-order chi connectivity index (χ0) is 25.5. The van der Waals surface area contributed by atoms with Crippen LogP contribution in [0.4, 0.5) is 0 Å². The van der Waals surface area contributed by atoms with Crippen molar-refractivity contribution in [3.05, 3.63) is 42.5 Å². The second-order valence-electron chi connectivity index (χ2n) is 8.96. The number of allylic oxidation sites excluding steroid dienone is 2. The molecular weight excluding hydrogens is 442 g/mol. The van der Waals surface area contributed by atoms with Gasteiger partial charge in [-0.05, 0) is 38.5 Å². The van der Waals surface area contributed by atoms with E-state index in [0.29, 0.717) is 12.8 Å². The van der Waals surface area contributed by atoms with E-state index >= 15 is 0 Å². The third kappa shape index (κ3) is 14.7. The minimum Gasteiger partial charge on any atom is -0.303 e. The van der Waals surface area contributed by atoms with Crippen molar-refractivity contribution in [2.75, 3.05) is 0 Å². The molecule has 0 saturated carbocycles. The number of rotatable bonds is 25. The molecule has 196 valence electrons. The Bertz CT molecular complexity index is 575. The van der Waals surface area contributed by atoms with Gasteiger partial charge in [0.25, 0.3) is 0 Å². The summed E-state index contributed by atoms with van der Waals surface area (Å²) in [7, 11) is 0. The second kappa shape index (κ2) is 21.2. The van der Waals surface area contributed by atoms with Crippen LogP contribution in [0.15, 0.2) is 12.2 Å². The highest BCUT2D eigenvalue weighted by atomic mass is 16.7. The van der Waals surface area contributed by atoms with Gasteiger partial charge in [0.1, 0.15) is 6.29 Å². The highest BCUT2D eigenvalue weighted by Gasteiger charge is 2.69. The molecule has 10 heteroatoms. The van der Waals surface area contributed by atoms with E-state index in [4.69, 9.17) is 0 Å². The first-order valence-electron chi connectivity index (χ1n) is 12.9. The first kappa shape index (κ1) is 31.6. The molecular formula is C24H43N3O7. The lowest BCUT2D eigenvalue weighted by Crippen LogP contribution is -2.53. The van der Waals surface area contributed by atoms with Crippen LogP contribution in [0.2, 0.25) is 0 Å². The van der Waals surface area contributed by atoms with E-state index in [2.05, 4.69) is 12.2 Å². The molecule has 0 radical (unpaired) electrons. The van der Waals surface area contributed by atoms with Gasteiger partial charge in [-0.2, -0.15) is 0 Å². The molecule has 0 heterocycles. The van der Waals surface area contributed by atoms with Crippen molar-refractivity contribution in [1.29, 1.82) is 0 Å². The number of nitrogens with zero attached hydrogens (tertiary/aromatic N) is 3. The molecule has 0 spiro atoms. The number of carbonyl (C=O) groups excluding carboxylic acids is 1. The lowest BCUT2D eigenvalue weighted by atomic mass is 10.0. The maximum Gasteiger partial charge on any atom is 0.699 e. The van der Waals surface area contributed by atoms with Crippen LogP contribution < -0.4 is 0 Å². The first-order valence-corrected chi connectivity index (χ1v) is 12.9. The van der Waals surface area contributed by atoms with Crippen LogP contribution in [-0.2, 0) is 4.79 Å². The summed E-state index contributed by atoms with van der Waals surface area (Å²) in [5, 5.41) is 32.6. The molecule has 0 aromatic rings. The molecule has 0 rings (SSSR count). The molecule has 0 unspecified atom stereocenters. The summed E-state index contributed by atoms with van der Waals surface area (Å²) < 4.78 is 0. The fourth-order valence-corrected chi connectivity index (χ4v) is 3.95. The summed E-state index contributed by atoms with van der Waals surface area (Å²) >= 11 is 0. The van der Waals surface area contributed by atoms with Crippen LogP contribution >= 0.6 is 0 Å². The average molecular weight is 486 g/mol. The third-order valence-electron chi connectivity index (χ3n) is 6.12. The summed E-state index contributed by atoms with van der Waals surface area (Å²) in [6.07, 6.45) is 24.4. The van der Waals surface area contributed by atoms with Crippen molar-refractivity contribution in [2.45, 2.75) is 134 Å². The number of hydrogen-bond acceptors (Lipinski definition) is 7. The van der Waals surface area contributed by atoms with Crippen molar-refractivity contribution in [3.8, 4) is 0 Å². The van der Waals surface area contributed by atoms with Crippen LogP contribution in [0.3, 0.4) is 0 Å². The van der Waals surface area contributed by atoms with Gasteiger partial charge >= 0.3 is 5.79 Å². The van der Waals surface area contributed by atoms with Gasteiger partial charge < -0.3 is 4.79 Å². The van der Waals surface area contributed by atoms with Crippen molar-refractivity contribution >= 4 is 6.29 Å². The van der Waals surface area contributed by atoms with Crippen LogP contribution in [0.5, 0.6) is 0 Å². The first-order chi connectivity index (χ1) is 16.4. The number of nitro groups is 3. The summed E-state index contributed by atoms with van der Waals surface area (Å²) in [4.78, 5) is 38.6. The van der Waals surface area contributed by atoms with Gasteiger partial charge in [-0.15, -0.1) is 0 Å². The van der Waals surface area contributed by atoms with E-state index in [0.717, 1.165) is 44.8 Å². The quantitative estimate of drug-likeness (QED) is 0.0337. The van der Waals surface area contributed by atoms with E-state index in [-0.39, 0.29) is 6.42 Å². The number of carbonyl (C=O) groups is 1. The summed E-state index contributed by atoms with van der Waals surface area (Å²) in [5.74, 6) is -3.32. The highest BCUT2D eigenvalue weighted by molar-refractivity contribution is 5.48. The molecule has 0 amide bonds. The molecule has 0 fully saturated rings. The van der Waals surface area contributed by atoms with Crippen molar-refractivity contribution in [3.63, 3.8) is 0 Å². The number of aldehydes is 1. The van der Waals surface area contributed by atoms with E-state index in [1.807, 2.05) is 0 Å². The second-order valence-corrected chi connectivity index (χ2v) is 8.96. The topological polar surface area (TPSA) is 146 Å². The third-order valence-corrected chi connectivity index (χ3v) is 6.12. The molecule has 0 aromatic heterocycles. The van der Waals surface area contributed by atoms with E-state index in [1.165, 1.54) is 64.2 Å². The van der Waals surface area contributed by atoms with Crippen molar-refractivity contribution in [2.24, 2.45) is 0 Å². The standard InChI is InChI=1S/C24H43N3O7/c28-23-21-19-17-15-13-11-9-7-5-3-1-2-4-6-8-10-12-14-16-18-20-22-24(25(29)30,26(31)32)27(33)34/h6,8,23H,1-5,7,9-22H2/b8-6-. The molecule has 0 saturated heterocycles. The van der Waals surface area contributed by atoms with Crippen molar-refractivity contribution in [1.82, 2.24) is 0 Å². The fourth-order valence-electron chi connectivity index (χ4n) is 3.95.